The van der Waals surface area contributed by atoms with Crippen molar-refractivity contribution in [3.8, 4) is 6.07 Å². The van der Waals surface area contributed by atoms with Crippen LogP contribution in [0.2, 0.25) is 0 Å². The van der Waals surface area contributed by atoms with Crippen LogP contribution in [0.15, 0.2) is 30.3 Å². The Hall–Kier alpha value is -2.52. The second-order valence-corrected chi connectivity index (χ2v) is 5.72. The van der Waals surface area contributed by atoms with Gasteiger partial charge < -0.3 is 16.0 Å². The number of anilines is 2. The Balaban J connectivity index is 2.26. The van der Waals surface area contributed by atoms with Gasteiger partial charge >= 0.3 is 0 Å². The van der Waals surface area contributed by atoms with Crippen molar-refractivity contribution in [1.82, 2.24) is 4.90 Å². The van der Waals surface area contributed by atoms with Crippen LogP contribution in [0.1, 0.15) is 20.8 Å². The number of nitrogens with zero attached hydrogens (tertiary/aromatic N) is 2. The molecule has 21 heavy (non-hydrogen) atoms. The minimum absolute atomic E-state index is 0.193. The number of nitrogens with one attached hydrogen (secondary N) is 1. The molecule has 0 aliphatic rings. The molecular weight excluding hydrogens is 284 g/mol. The predicted octanol–water partition coefficient (Wildman–Crippen LogP) is 2.52. The lowest BCUT2D eigenvalue weighted by atomic mass is 10.2. The number of thiophene rings is 1. The van der Waals surface area contributed by atoms with Gasteiger partial charge in [0.05, 0.1) is 5.69 Å². The van der Waals surface area contributed by atoms with Crippen LogP contribution in [0, 0.1) is 11.3 Å². The maximum absolute atomic E-state index is 12.0. The zero-order valence-electron chi connectivity index (χ0n) is 11.9. The van der Waals surface area contributed by atoms with Crippen LogP contribution in [0.3, 0.4) is 0 Å². The molecule has 0 fully saturated rings. The van der Waals surface area contributed by atoms with E-state index < -0.39 is 0 Å². The van der Waals surface area contributed by atoms with E-state index in [2.05, 4.69) is 11.4 Å². The van der Waals surface area contributed by atoms with E-state index in [1.54, 1.807) is 14.1 Å². The summed E-state index contributed by atoms with van der Waals surface area (Å²) in [6.07, 6.45) is 0. The van der Waals surface area contributed by atoms with Crippen molar-refractivity contribution in [2.75, 3.05) is 25.1 Å². The summed E-state index contributed by atoms with van der Waals surface area (Å²) in [5.74, 6) is -0.193. The van der Waals surface area contributed by atoms with Gasteiger partial charge in [0.15, 0.2) is 0 Å². The molecule has 0 aliphatic carbocycles. The van der Waals surface area contributed by atoms with Crippen molar-refractivity contribution in [3.05, 3.63) is 46.3 Å². The summed E-state index contributed by atoms with van der Waals surface area (Å²) in [5.41, 5.74) is 7.60. The molecule has 0 saturated heterocycles. The number of nitriles is 1. The quantitative estimate of drug-likeness (QED) is 0.909. The third kappa shape index (κ3) is 3.15. The van der Waals surface area contributed by atoms with Crippen molar-refractivity contribution in [3.63, 3.8) is 0 Å². The van der Waals surface area contributed by atoms with Crippen molar-refractivity contribution in [2.45, 2.75) is 6.54 Å². The highest BCUT2D eigenvalue weighted by Crippen LogP contribution is 2.35. The van der Waals surface area contributed by atoms with Crippen LogP contribution >= 0.6 is 11.3 Å². The van der Waals surface area contributed by atoms with Crippen molar-refractivity contribution in [2.24, 2.45) is 0 Å². The fraction of sp³-hybridized carbons (Fsp3) is 0.200. The summed E-state index contributed by atoms with van der Waals surface area (Å²) in [4.78, 5) is 13.9. The van der Waals surface area contributed by atoms with E-state index >= 15 is 0 Å². The molecule has 3 N–H and O–H groups in total. The standard InChI is InChI=1S/C15H16N4OS/c1-19(2)15(20)13-12(17)11(8-16)14(21-13)18-9-10-6-4-3-5-7-10/h3-7,18H,9,17H2,1-2H3. The molecule has 0 radical (unpaired) electrons. The van der Waals surface area contributed by atoms with Gasteiger partial charge in [-0.05, 0) is 5.56 Å². The highest BCUT2D eigenvalue weighted by molar-refractivity contribution is 7.18. The fourth-order valence-corrected chi connectivity index (χ4v) is 2.91. The van der Waals surface area contributed by atoms with E-state index in [-0.39, 0.29) is 11.6 Å². The Morgan fingerprint density at radius 1 is 1.38 bits per heavy atom. The minimum Gasteiger partial charge on any atom is -0.396 e. The Kier molecular flexibility index (Phi) is 4.45. The molecule has 108 valence electrons. The zero-order valence-corrected chi connectivity index (χ0v) is 12.7. The van der Waals surface area contributed by atoms with Gasteiger partial charge in [0, 0.05) is 20.6 Å². The lowest BCUT2D eigenvalue weighted by Gasteiger charge is -2.08. The van der Waals surface area contributed by atoms with Crippen molar-refractivity contribution < 1.29 is 4.79 Å². The molecule has 6 heteroatoms. The Bertz CT molecular complexity index is 686. The molecule has 0 unspecified atom stereocenters. The lowest BCUT2D eigenvalue weighted by molar-refractivity contribution is 0.0833. The second-order valence-electron chi connectivity index (χ2n) is 4.70. The van der Waals surface area contributed by atoms with E-state index in [0.717, 1.165) is 5.56 Å². The molecule has 1 aromatic heterocycles. The predicted molar refractivity (Wildman–Crippen MR) is 85.2 cm³/mol. The van der Waals surface area contributed by atoms with Crippen LogP contribution in [-0.4, -0.2) is 24.9 Å². The van der Waals surface area contributed by atoms with E-state index in [1.807, 2.05) is 30.3 Å². The molecule has 1 heterocycles. The van der Waals surface area contributed by atoms with Crippen LogP contribution in [0.4, 0.5) is 10.7 Å². The normalized spacial score (nSPS) is 9.95. The molecular formula is C15H16N4OS. The first-order valence-corrected chi connectivity index (χ1v) is 7.18. The number of carbonyl (C=O) groups excluding carboxylic acids is 1. The lowest BCUT2D eigenvalue weighted by Crippen LogP contribution is -2.21. The van der Waals surface area contributed by atoms with Gasteiger partial charge in [-0.1, -0.05) is 30.3 Å². The van der Waals surface area contributed by atoms with Gasteiger partial charge in [-0.2, -0.15) is 5.26 Å². The van der Waals surface area contributed by atoms with Crippen LogP contribution in [-0.2, 0) is 6.54 Å². The molecule has 0 spiro atoms. The SMILES string of the molecule is CN(C)C(=O)c1sc(NCc2ccccc2)c(C#N)c1N. The number of benzene rings is 1. The third-order valence-electron chi connectivity index (χ3n) is 2.95. The first-order chi connectivity index (χ1) is 10.0. The summed E-state index contributed by atoms with van der Waals surface area (Å²) in [6, 6.07) is 11.9. The molecule has 2 rings (SSSR count). The number of amides is 1. The average Bonchev–Trinajstić information content (AvgIpc) is 2.81. The van der Waals surface area contributed by atoms with Gasteiger partial charge in [0.1, 0.15) is 21.5 Å². The van der Waals surface area contributed by atoms with Crippen LogP contribution in [0.25, 0.3) is 0 Å². The van der Waals surface area contributed by atoms with Gasteiger partial charge in [-0.25, -0.2) is 0 Å². The van der Waals surface area contributed by atoms with E-state index in [9.17, 15) is 10.1 Å². The summed E-state index contributed by atoms with van der Waals surface area (Å²) >= 11 is 1.22. The van der Waals surface area contributed by atoms with E-state index in [1.165, 1.54) is 16.2 Å². The summed E-state index contributed by atoms with van der Waals surface area (Å²) < 4.78 is 0. The smallest absolute Gasteiger partial charge is 0.265 e. The number of nitrogen functional groups attached to an aromatic ring is 1. The number of nitrogens with two attached hydrogens (primary N) is 1. The summed E-state index contributed by atoms with van der Waals surface area (Å²) in [7, 11) is 3.31. The maximum Gasteiger partial charge on any atom is 0.265 e. The fourth-order valence-electron chi connectivity index (χ4n) is 1.82. The second kappa shape index (κ2) is 6.29. The third-order valence-corrected chi connectivity index (χ3v) is 4.10. The van der Waals surface area contributed by atoms with Crippen LogP contribution < -0.4 is 11.1 Å². The summed E-state index contributed by atoms with van der Waals surface area (Å²) in [5, 5.41) is 13.1. The number of rotatable bonds is 4. The number of hydrogen-bond acceptors (Lipinski definition) is 5. The van der Waals surface area contributed by atoms with Crippen LogP contribution in [0.5, 0.6) is 0 Å². The molecule has 1 aromatic carbocycles. The first-order valence-electron chi connectivity index (χ1n) is 6.36. The molecule has 0 saturated carbocycles. The van der Waals surface area contributed by atoms with Gasteiger partial charge in [0.2, 0.25) is 0 Å². The molecule has 0 aliphatic heterocycles. The molecule has 0 atom stereocenters. The van der Waals surface area contributed by atoms with Crippen molar-refractivity contribution in [1.29, 1.82) is 5.26 Å². The average molecular weight is 300 g/mol. The molecule has 0 bridgehead atoms. The largest absolute Gasteiger partial charge is 0.396 e. The molecule has 1 amide bonds. The molecule has 2 aromatic rings. The van der Waals surface area contributed by atoms with Gasteiger partial charge in [-0.3, -0.25) is 4.79 Å². The highest BCUT2D eigenvalue weighted by Gasteiger charge is 2.21. The monoisotopic (exact) mass is 300 g/mol. The number of hydrogen-bond donors (Lipinski definition) is 2. The molecule has 5 nitrogen and oxygen atoms in total. The first kappa shape index (κ1) is 14.9. The minimum atomic E-state index is -0.193. The van der Waals surface area contributed by atoms with Gasteiger partial charge in [0.25, 0.3) is 5.91 Å². The maximum atomic E-state index is 12.0. The Morgan fingerprint density at radius 2 is 2.05 bits per heavy atom. The summed E-state index contributed by atoms with van der Waals surface area (Å²) in [6.45, 7) is 0.574. The van der Waals surface area contributed by atoms with E-state index in [4.69, 9.17) is 5.73 Å². The Morgan fingerprint density at radius 3 is 2.62 bits per heavy atom. The Labute approximate surface area is 127 Å². The van der Waals surface area contributed by atoms with Gasteiger partial charge in [-0.15, -0.1) is 11.3 Å². The number of carbonyl (C=O) groups is 1. The van der Waals surface area contributed by atoms with Crippen molar-refractivity contribution >= 4 is 27.9 Å². The zero-order chi connectivity index (χ0) is 15.4. The topological polar surface area (TPSA) is 82.2 Å². The van der Waals surface area contributed by atoms with E-state index in [0.29, 0.717) is 22.0 Å². The highest BCUT2D eigenvalue weighted by atomic mass is 32.1.